The van der Waals surface area contributed by atoms with E-state index in [0.717, 1.165) is 23.4 Å². The van der Waals surface area contributed by atoms with E-state index in [1.807, 2.05) is 18.4 Å². The summed E-state index contributed by atoms with van der Waals surface area (Å²) in [6.45, 7) is 1.22. The first-order chi connectivity index (χ1) is 16.3. The van der Waals surface area contributed by atoms with Crippen LogP contribution in [0.15, 0.2) is 69.8 Å². The fraction of sp³-hybridized carbons (Fsp3) is 0.292. The lowest BCUT2D eigenvalue weighted by Crippen LogP contribution is -2.42. The number of thiophene rings is 1. The van der Waals surface area contributed by atoms with Gasteiger partial charge in [-0.1, -0.05) is 17.7 Å². The first-order valence-corrected chi connectivity index (χ1v) is 14.7. The summed E-state index contributed by atoms with van der Waals surface area (Å²) in [5, 5.41) is 6.93. The van der Waals surface area contributed by atoms with E-state index in [1.165, 1.54) is 16.2 Å². The first kappa shape index (κ1) is 25.1. The van der Waals surface area contributed by atoms with Gasteiger partial charge in [0.25, 0.3) is 15.9 Å². The van der Waals surface area contributed by atoms with Gasteiger partial charge in [-0.15, -0.1) is 23.1 Å². The van der Waals surface area contributed by atoms with Crippen LogP contribution >= 0.6 is 34.7 Å². The molecule has 0 unspecified atom stereocenters. The smallest absolute Gasteiger partial charge is 0.252 e. The number of benzene rings is 2. The maximum absolute atomic E-state index is 13.2. The van der Waals surface area contributed by atoms with Crippen LogP contribution in [0.3, 0.4) is 0 Å². The molecule has 1 aliphatic rings. The Morgan fingerprint density at radius 2 is 1.85 bits per heavy atom. The van der Waals surface area contributed by atoms with Crippen molar-refractivity contribution in [3.8, 4) is 0 Å². The van der Waals surface area contributed by atoms with E-state index in [2.05, 4.69) is 22.8 Å². The Labute approximate surface area is 213 Å². The summed E-state index contributed by atoms with van der Waals surface area (Å²) in [6, 6.07) is 18.5. The third kappa shape index (κ3) is 6.14. The maximum atomic E-state index is 13.2. The highest BCUT2D eigenvalue weighted by Gasteiger charge is 2.30. The second kappa shape index (κ2) is 11.1. The van der Waals surface area contributed by atoms with Crippen LogP contribution in [-0.2, 0) is 16.6 Å². The normalized spacial score (nSPS) is 15.2. The summed E-state index contributed by atoms with van der Waals surface area (Å²) in [5.41, 5.74) is 1.57. The Morgan fingerprint density at radius 3 is 2.56 bits per heavy atom. The molecule has 1 aliphatic heterocycles. The average Bonchev–Trinajstić information content (AvgIpc) is 3.33. The number of nitrogens with zero attached hydrogens (tertiary/aromatic N) is 1. The molecule has 1 amide bonds. The van der Waals surface area contributed by atoms with Crippen molar-refractivity contribution in [3.63, 3.8) is 0 Å². The highest BCUT2D eigenvalue weighted by Crippen LogP contribution is 2.28. The van der Waals surface area contributed by atoms with Crippen LogP contribution in [0.1, 0.15) is 28.1 Å². The number of hydrogen-bond acceptors (Lipinski definition) is 6. The SMILES string of the molecule is CSc1cccc(NC2CCN(S(=O)(=O)c3ccc(CNC(=O)c4ccc(Cl)cc4)s3)CC2)c1. The van der Waals surface area contributed by atoms with Crippen molar-refractivity contribution in [3.05, 3.63) is 76.1 Å². The number of carbonyl (C=O) groups excluding carboxylic acids is 1. The average molecular weight is 536 g/mol. The van der Waals surface area contributed by atoms with Gasteiger partial charge in [-0.2, -0.15) is 4.31 Å². The number of hydrogen-bond donors (Lipinski definition) is 2. The Balaban J connectivity index is 1.31. The predicted molar refractivity (Wildman–Crippen MR) is 141 cm³/mol. The van der Waals surface area contributed by atoms with Crippen LogP contribution in [0.4, 0.5) is 5.69 Å². The Morgan fingerprint density at radius 1 is 1.12 bits per heavy atom. The monoisotopic (exact) mass is 535 g/mol. The molecule has 2 heterocycles. The Hall–Kier alpha value is -2.04. The molecular weight excluding hydrogens is 510 g/mol. The molecule has 6 nitrogen and oxygen atoms in total. The van der Waals surface area contributed by atoms with E-state index in [9.17, 15) is 13.2 Å². The number of amides is 1. The van der Waals surface area contributed by atoms with E-state index < -0.39 is 10.0 Å². The second-order valence-electron chi connectivity index (χ2n) is 7.96. The van der Waals surface area contributed by atoms with Gasteiger partial charge in [0.1, 0.15) is 4.21 Å². The number of piperidine rings is 1. The Kier molecular flexibility index (Phi) is 8.21. The summed E-state index contributed by atoms with van der Waals surface area (Å²) < 4.78 is 28.2. The number of anilines is 1. The minimum atomic E-state index is -3.55. The molecule has 34 heavy (non-hydrogen) atoms. The molecule has 0 saturated carbocycles. The molecular formula is C24H26ClN3O3S3. The van der Waals surface area contributed by atoms with E-state index in [-0.39, 0.29) is 18.5 Å². The number of nitrogens with one attached hydrogen (secondary N) is 2. The predicted octanol–water partition coefficient (Wildman–Crippen LogP) is 5.32. The largest absolute Gasteiger partial charge is 0.382 e. The van der Waals surface area contributed by atoms with Crippen molar-refractivity contribution in [2.45, 2.75) is 34.5 Å². The molecule has 2 N–H and O–H groups in total. The third-order valence-corrected chi connectivity index (χ3v) is 10.1. The van der Waals surface area contributed by atoms with Gasteiger partial charge in [-0.25, -0.2) is 8.42 Å². The zero-order valence-corrected chi connectivity index (χ0v) is 21.9. The Bertz CT molecular complexity index is 1240. The maximum Gasteiger partial charge on any atom is 0.252 e. The summed E-state index contributed by atoms with van der Waals surface area (Å²) in [6.07, 6.45) is 3.54. The molecule has 1 fully saturated rings. The number of carbonyl (C=O) groups is 1. The van der Waals surface area contributed by atoms with Crippen LogP contribution in [0, 0.1) is 0 Å². The third-order valence-electron chi connectivity index (χ3n) is 5.66. The molecule has 3 aromatic rings. The highest BCUT2D eigenvalue weighted by atomic mass is 35.5. The number of rotatable bonds is 8. The lowest BCUT2D eigenvalue weighted by Gasteiger charge is -2.31. The van der Waals surface area contributed by atoms with Crippen molar-refractivity contribution in [2.75, 3.05) is 24.7 Å². The van der Waals surface area contributed by atoms with Gasteiger partial charge in [-0.05, 0) is 73.7 Å². The lowest BCUT2D eigenvalue weighted by molar-refractivity contribution is 0.0951. The molecule has 0 radical (unpaired) electrons. The molecule has 4 rings (SSSR count). The minimum absolute atomic E-state index is 0.230. The van der Waals surface area contributed by atoms with Gasteiger partial charge < -0.3 is 10.6 Å². The van der Waals surface area contributed by atoms with Crippen LogP contribution in [0.25, 0.3) is 0 Å². The van der Waals surface area contributed by atoms with Crippen molar-refractivity contribution < 1.29 is 13.2 Å². The van der Waals surface area contributed by atoms with E-state index in [0.29, 0.717) is 27.9 Å². The van der Waals surface area contributed by atoms with Crippen LogP contribution in [-0.4, -0.2) is 44.0 Å². The van der Waals surface area contributed by atoms with Crippen LogP contribution in [0.2, 0.25) is 5.02 Å². The van der Waals surface area contributed by atoms with E-state index >= 15 is 0 Å². The van der Waals surface area contributed by atoms with Gasteiger partial charge in [0.15, 0.2) is 0 Å². The number of halogens is 1. The van der Waals surface area contributed by atoms with Crippen molar-refractivity contribution >= 4 is 56.3 Å². The molecule has 0 atom stereocenters. The molecule has 1 saturated heterocycles. The summed E-state index contributed by atoms with van der Waals surface area (Å²) in [7, 11) is -3.55. The molecule has 2 aromatic carbocycles. The fourth-order valence-electron chi connectivity index (χ4n) is 3.78. The zero-order chi connectivity index (χ0) is 24.1. The lowest BCUT2D eigenvalue weighted by atomic mass is 10.1. The molecule has 1 aromatic heterocycles. The highest BCUT2D eigenvalue weighted by molar-refractivity contribution is 7.98. The first-order valence-electron chi connectivity index (χ1n) is 10.9. The summed E-state index contributed by atoms with van der Waals surface area (Å²) in [5.74, 6) is -0.230. The van der Waals surface area contributed by atoms with Gasteiger partial charge in [0.05, 0.1) is 6.54 Å². The van der Waals surface area contributed by atoms with Gasteiger partial charge in [-0.3, -0.25) is 4.79 Å². The number of thioether (sulfide) groups is 1. The summed E-state index contributed by atoms with van der Waals surface area (Å²) >= 11 is 8.75. The molecule has 0 aliphatic carbocycles. The number of sulfonamides is 1. The van der Waals surface area contributed by atoms with E-state index in [4.69, 9.17) is 11.6 Å². The van der Waals surface area contributed by atoms with Gasteiger partial charge >= 0.3 is 0 Å². The second-order valence-corrected chi connectivity index (χ2v) is 12.6. The molecule has 0 spiro atoms. The molecule has 180 valence electrons. The van der Waals surface area contributed by atoms with Gasteiger partial charge in [0, 0.05) is 45.2 Å². The molecule has 10 heteroatoms. The van der Waals surface area contributed by atoms with Crippen molar-refractivity contribution in [1.29, 1.82) is 0 Å². The standard InChI is InChI=1S/C24H26ClN3O3S3/c1-32-21-4-2-3-20(15-21)27-19-11-13-28(14-12-19)34(30,31)23-10-9-22(33-23)16-26-24(29)17-5-7-18(25)8-6-17/h2-10,15,19,27H,11-14,16H2,1H3,(H,26,29). The topological polar surface area (TPSA) is 78.5 Å². The van der Waals surface area contributed by atoms with Crippen molar-refractivity contribution in [1.82, 2.24) is 9.62 Å². The van der Waals surface area contributed by atoms with Crippen LogP contribution < -0.4 is 10.6 Å². The van der Waals surface area contributed by atoms with E-state index in [1.54, 1.807) is 52.5 Å². The summed E-state index contributed by atoms with van der Waals surface area (Å²) in [4.78, 5) is 14.3. The minimum Gasteiger partial charge on any atom is -0.382 e. The quantitative estimate of drug-likeness (QED) is 0.382. The van der Waals surface area contributed by atoms with Crippen molar-refractivity contribution in [2.24, 2.45) is 0 Å². The molecule has 0 bridgehead atoms. The van der Waals surface area contributed by atoms with Gasteiger partial charge in [0.2, 0.25) is 0 Å². The van der Waals surface area contributed by atoms with Crippen LogP contribution in [0.5, 0.6) is 0 Å². The zero-order valence-electron chi connectivity index (χ0n) is 18.7. The fourth-order valence-corrected chi connectivity index (χ4v) is 7.28.